The third-order valence-corrected chi connectivity index (χ3v) is 13.3. The molecular formula is C59H45N. The van der Waals surface area contributed by atoms with Crippen LogP contribution in [0, 0.1) is 0 Å². The zero-order valence-corrected chi connectivity index (χ0v) is 33.7. The van der Waals surface area contributed by atoms with Crippen LogP contribution < -0.4 is 15.3 Å². The molecule has 286 valence electrons. The van der Waals surface area contributed by atoms with Crippen molar-refractivity contribution in [1.29, 1.82) is 0 Å². The lowest BCUT2D eigenvalue weighted by molar-refractivity contribution is 0.793. The lowest BCUT2D eigenvalue weighted by Gasteiger charge is -2.34. The first-order chi connectivity index (χ1) is 29.7. The van der Waals surface area contributed by atoms with Gasteiger partial charge in [-0.05, 0) is 144 Å². The third kappa shape index (κ3) is 5.46. The molecule has 11 rings (SSSR count). The van der Waals surface area contributed by atoms with E-state index < -0.39 is 5.41 Å². The van der Waals surface area contributed by atoms with Gasteiger partial charge in [-0.1, -0.05) is 183 Å². The van der Waals surface area contributed by atoms with Crippen molar-refractivity contribution in [3.63, 3.8) is 0 Å². The Morgan fingerprint density at radius 3 is 1.82 bits per heavy atom. The largest absolute Gasteiger partial charge is 0.314 e. The molecule has 0 amide bonds. The number of allylic oxidation sites excluding steroid dienone is 8. The highest BCUT2D eigenvalue weighted by atomic mass is 15.1. The summed E-state index contributed by atoms with van der Waals surface area (Å²) in [7, 11) is 0. The highest BCUT2D eigenvalue weighted by Gasteiger charge is 2.51. The summed E-state index contributed by atoms with van der Waals surface area (Å²) < 4.78 is 0. The maximum atomic E-state index is 4.20. The van der Waals surface area contributed by atoms with Gasteiger partial charge in [0.05, 0.1) is 5.41 Å². The summed E-state index contributed by atoms with van der Waals surface area (Å²) in [6.45, 7) is 8.23. The molecule has 4 aliphatic rings. The average Bonchev–Trinajstić information content (AvgIpc) is 3.78. The van der Waals surface area contributed by atoms with Crippen LogP contribution in [0.2, 0.25) is 0 Å². The highest BCUT2D eigenvalue weighted by molar-refractivity contribution is 5.96. The summed E-state index contributed by atoms with van der Waals surface area (Å²) in [5, 5.41) is 2.75. The quantitative estimate of drug-likeness (QED) is 0.139. The molecule has 0 radical (unpaired) electrons. The molecule has 60 heavy (non-hydrogen) atoms. The van der Waals surface area contributed by atoms with Gasteiger partial charge in [0, 0.05) is 17.1 Å². The predicted octanol–water partition coefficient (Wildman–Crippen LogP) is 13.6. The maximum Gasteiger partial charge on any atom is 0.0726 e. The van der Waals surface area contributed by atoms with Gasteiger partial charge in [-0.2, -0.15) is 0 Å². The zero-order chi connectivity index (χ0) is 40.2. The smallest absolute Gasteiger partial charge is 0.0726 e. The van der Waals surface area contributed by atoms with Crippen LogP contribution in [0.25, 0.3) is 50.6 Å². The SMILES string of the molecule is C=C/C=C(\C=C)c1ccc(N(C2=CC=C(C3=c4ccccc4=CCC3)CC2)c2ccc3c(c2)C2(c4ccccc4-c4ccccc42)c2ccccc2-3)cc1-c1ccccc1. The van der Waals surface area contributed by atoms with E-state index in [1.165, 1.54) is 71.8 Å². The van der Waals surface area contributed by atoms with Gasteiger partial charge < -0.3 is 4.90 Å². The summed E-state index contributed by atoms with van der Waals surface area (Å²) in [4.78, 5) is 2.53. The molecule has 0 aliphatic heterocycles. The van der Waals surface area contributed by atoms with Crippen LogP contribution in [0.1, 0.15) is 53.5 Å². The summed E-state index contributed by atoms with van der Waals surface area (Å²) in [6, 6.07) is 61.1. The fraction of sp³-hybridized carbons (Fsp3) is 0.0847. The molecule has 0 fully saturated rings. The van der Waals surface area contributed by atoms with Gasteiger partial charge in [-0.25, -0.2) is 0 Å². The Morgan fingerprint density at radius 1 is 0.533 bits per heavy atom. The minimum atomic E-state index is -0.426. The molecule has 1 spiro atoms. The van der Waals surface area contributed by atoms with E-state index in [1.807, 2.05) is 12.2 Å². The van der Waals surface area contributed by atoms with E-state index in [0.29, 0.717) is 0 Å². The fourth-order valence-electron chi connectivity index (χ4n) is 10.7. The Hall–Kier alpha value is -7.22. The van der Waals surface area contributed by atoms with E-state index in [1.54, 1.807) is 0 Å². The first-order valence-electron chi connectivity index (χ1n) is 21.3. The summed E-state index contributed by atoms with van der Waals surface area (Å²) in [6.07, 6.45) is 17.1. The second kappa shape index (κ2) is 14.6. The van der Waals surface area contributed by atoms with E-state index in [4.69, 9.17) is 0 Å². The van der Waals surface area contributed by atoms with Crippen LogP contribution >= 0.6 is 0 Å². The molecular weight excluding hydrogens is 723 g/mol. The summed E-state index contributed by atoms with van der Waals surface area (Å²) in [5.74, 6) is 0. The molecule has 7 aromatic carbocycles. The normalized spacial score (nSPS) is 15.4. The Kier molecular flexibility index (Phi) is 8.71. The Balaban J connectivity index is 1.15. The zero-order valence-electron chi connectivity index (χ0n) is 33.7. The minimum absolute atomic E-state index is 0.426. The third-order valence-electron chi connectivity index (χ3n) is 13.3. The second-order valence-electron chi connectivity index (χ2n) is 16.3. The maximum absolute atomic E-state index is 4.20. The van der Waals surface area contributed by atoms with Crippen LogP contribution in [0.4, 0.5) is 11.4 Å². The highest BCUT2D eigenvalue weighted by Crippen LogP contribution is 2.63. The van der Waals surface area contributed by atoms with Crippen molar-refractivity contribution in [2.75, 3.05) is 4.90 Å². The van der Waals surface area contributed by atoms with Gasteiger partial charge in [0.15, 0.2) is 0 Å². The number of hydrogen-bond acceptors (Lipinski definition) is 1. The lowest BCUT2D eigenvalue weighted by Crippen LogP contribution is -2.30. The van der Waals surface area contributed by atoms with E-state index in [-0.39, 0.29) is 0 Å². The summed E-state index contributed by atoms with van der Waals surface area (Å²) >= 11 is 0. The molecule has 0 heterocycles. The lowest BCUT2D eigenvalue weighted by atomic mass is 9.70. The van der Waals surface area contributed by atoms with Crippen molar-refractivity contribution in [1.82, 2.24) is 0 Å². The first kappa shape index (κ1) is 35.9. The van der Waals surface area contributed by atoms with Gasteiger partial charge >= 0.3 is 0 Å². The molecule has 0 bridgehead atoms. The van der Waals surface area contributed by atoms with Crippen molar-refractivity contribution >= 4 is 28.6 Å². The molecule has 0 saturated carbocycles. The fourth-order valence-corrected chi connectivity index (χ4v) is 10.7. The number of fused-ring (bicyclic) bond motifs is 11. The molecule has 4 aliphatic carbocycles. The first-order valence-corrected chi connectivity index (χ1v) is 21.3. The van der Waals surface area contributed by atoms with Gasteiger partial charge in [0.1, 0.15) is 0 Å². The number of hydrogen-bond donors (Lipinski definition) is 0. The molecule has 1 heteroatoms. The van der Waals surface area contributed by atoms with E-state index in [9.17, 15) is 0 Å². The molecule has 0 atom stereocenters. The number of rotatable bonds is 8. The Morgan fingerprint density at radius 2 is 1.15 bits per heavy atom. The van der Waals surface area contributed by atoms with Crippen LogP contribution in [0.3, 0.4) is 0 Å². The van der Waals surface area contributed by atoms with Gasteiger partial charge in [-0.3, -0.25) is 0 Å². The monoisotopic (exact) mass is 767 g/mol. The molecule has 0 aromatic heterocycles. The molecule has 1 nitrogen and oxygen atoms in total. The van der Waals surface area contributed by atoms with Gasteiger partial charge in [0.25, 0.3) is 0 Å². The van der Waals surface area contributed by atoms with Gasteiger partial charge in [0.2, 0.25) is 0 Å². The Bertz CT molecular complexity index is 3070. The molecule has 0 unspecified atom stereocenters. The van der Waals surface area contributed by atoms with Crippen molar-refractivity contribution < 1.29 is 0 Å². The average molecular weight is 768 g/mol. The van der Waals surface area contributed by atoms with E-state index in [0.717, 1.165) is 59.3 Å². The van der Waals surface area contributed by atoms with E-state index in [2.05, 4.69) is 206 Å². The van der Waals surface area contributed by atoms with E-state index >= 15 is 0 Å². The number of anilines is 2. The minimum Gasteiger partial charge on any atom is -0.314 e. The van der Waals surface area contributed by atoms with Crippen LogP contribution in [-0.2, 0) is 5.41 Å². The van der Waals surface area contributed by atoms with Crippen LogP contribution in [0.15, 0.2) is 219 Å². The van der Waals surface area contributed by atoms with Crippen molar-refractivity contribution in [2.24, 2.45) is 0 Å². The molecule has 7 aromatic rings. The molecule has 0 saturated heterocycles. The van der Waals surface area contributed by atoms with Crippen LogP contribution in [-0.4, -0.2) is 0 Å². The second-order valence-corrected chi connectivity index (χ2v) is 16.3. The summed E-state index contributed by atoms with van der Waals surface area (Å²) in [5.41, 5.74) is 21.2. The van der Waals surface area contributed by atoms with Gasteiger partial charge in [-0.15, -0.1) is 0 Å². The van der Waals surface area contributed by atoms with Crippen molar-refractivity contribution in [2.45, 2.75) is 31.1 Å². The standard InChI is InChI=1S/C59H45N/c1-3-17-40(4-2)49-36-34-45(38-54(49)42-18-6-5-7-19-42)60(44-32-30-43(31-33-44)48-26-16-21-41-20-8-9-22-47(41)48)46-35-37-53-52-25-12-15-29-57(52)59(58(53)39-46)55-27-13-10-23-50(55)51-24-11-14-28-56(51)59/h3-15,17-25,27-30,32,34-39H,1-2,16,26,31,33H2/b40-17+. The molecule has 0 N–H and O–H groups in total. The van der Waals surface area contributed by atoms with Crippen molar-refractivity contribution in [3.8, 4) is 33.4 Å². The topological polar surface area (TPSA) is 3.24 Å². The predicted molar refractivity (Wildman–Crippen MR) is 253 cm³/mol. The number of benzene rings is 7. The van der Waals surface area contributed by atoms with Crippen molar-refractivity contribution in [3.05, 3.63) is 257 Å². The van der Waals surface area contributed by atoms with Crippen LogP contribution in [0.5, 0.6) is 0 Å². The Labute approximate surface area is 353 Å². The number of nitrogens with zero attached hydrogens (tertiary/aromatic N) is 1.